The molecule has 4 rings (SSSR count). The number of hydrogen-bond donors (Lipinski definition) is 0. The van der Waals surface area contributed by atoms with E-state index < -0.39 is 12.0 Å². The lowest BCUT2D eigenvalue weighted by molar-refractivity contribution is -0.274. The molecule has 1 aliphatic heterocycles. The van der Waals surface area contributed by atoms with E-state index in [9.17, 15) is 22.8 Å². The van der Waals surface area contributed by atoms with E-state index in [4.69, 9.17) is 9.15 Å². The van der Waals surface area contributed by atoms with Gasteiger partial charge in [-0.25, -0.2) is 4.79 Å². The predicted molar refractivity (Wildman–Crippen MR) is 129 cm³/mol. The molecule has 1 aliphatic rings. The highest BCUT2D eigenvalue weighted by atomic mass is 19.4. The second-order valence-corrected chi connectivity index (χ2v) is 9.19. The molecule has 0 atom stereocenters. The van der Waals surface area contributed by atoms with Crippen molar-refractivity contribution < 1.29 is 31.9 Å². The largest absolute Gasteiger partial charge is 0.573 e. The number of fused-ring (bicyclic) bond motifs is 1. The molecule has 0 bridgehead atoms. The van der Waals surface area contributed by atoms with Crippen molar-refractivity contribution in [3.05, 3.63) is 69.6 Å². The zero-order chi connectivity index (χ0) is 25.9. The van der Waals surface area contributed by atoms with Crippen molar-refractivity contribution in [3.8, 4) is 11.5 Å². The Morgan fingerprint density at radius 2 is 1.81 bits per heavy atom. The molecule has 3 aromatic rings. The van der Waals surface area contributed by atoms with E-state index in [1.54, 1.807) is 6.07 Å². The predicted octanol–water partition coefficient (Wildman–Crippen LogP) is 5.22. The van der Waals surface area contributed by atoms with Crippen molar-refractivity contribution in [1.29, 1.82) is 0 Å². The minimum absolute atomic E-state index is 0.0829. The minimum Gasteiger partial charge on any atom is -0.490 e. The average Bonchev–Trinajstić information content (AvgIpc) is 2.82. The van der Waals surface area contributed by atoms with Crippen LogP contribution >= 0.6 is 0 Å². The number of piperidine rings is 1. The van der Waals surface area contributed by atoms with Crippen molar-refractivity contribution in [2.24, 2.45) is 0 Å². The first-order valence-corrected chi connectivity index (χ1v) is 11.9. The molecule has 0 saturated carbocycles. The van der Waals surface area contributed by atoms with Gasteiger partial charge in [-0.15, -0.1) is 13.2 Å². The Balaban J connectivity index is 1.39. The highest BCUT2D eigenvalue weighted by Gasteiger charge is 2.31. The van der Waals surface area contributed by atoms with Gasteiger partial charge in [-0.1, -0.05) is 12.1 Å². The van der Waals surface area contributed by atoms with Crippen molar-refractivity contribution in [1.82, 2.24) is 4.90 Å². The van der Waals surface area contributed by atoms with Gasteiger partial charge >= 0.3 is 12.0 Å². The van der Waals surface area contributed by atoms with Crippen LogP contribution in [0.4, 0.5) is 13.2 Å². The monoisotopic (exact) mass is 503 g/mol. The van der Waals surface area contributed by atoms with E-state index in [1.165, 1.54) is 24.3 Å². The van der Waals surface area contributed by atoms with Gasteiger partial charge < -0.3 is 18.8 Å². The molecule has 1 aromatic heterocycles. The van der Waals surface area contributed by atoms with Gasteiger partial charge in [-0.05, 0) is 69.1 Å². The van der Waals surface area contributed by atoms with Gasteiger partial charge in [0.2, 0.25) is 0 Å². The van der Waals surface area contributed by atoms with Crippen LogP contribution in [0.2, 0.25) is 0 Å². The summed E-state index contributed by atoms with van der Waals surface area (Å²) < 4.78 is 52.4. The molecular formula is C27H28F3NO5. The summed E-state index contributed by atoms with van der Waals surface area (Å²) in [6.45, 7) is 3.80. The lowest BCUT2D eigenvalue weighted by atomic mass is 10.0. The first-order valence-electron chi connectivity index (χ1n) is 11.9. The number of carbonyl (C=O) groups excluding carboxylic acids is 1. The number of Topliss-reactive ketones (excluding diaryl/α,β-unsaturated/α-hetero) is 1. The number of carbonyl (C=O) groups is 1. The number of benzene rings is 2. The van der Waals surface area contributed by atoms with E-state index in [1.807, 2.05) is 19.1 Å². The van der Waals surface area contributed by atoms with Crippen LogP contribution in [-0.2, 0) is 17.6 Å². The first-order chi connectivity index (χ1) is 17.1. The molecule has 0 radical (unpaired) electrons. The molecule has 1 fully saturated rings. The maximum atomic E-state index is 12.6. The third kappa shape index (κ3) is 6.66. The Labute approximate surface area is 206 Å². The third-order valence-electron chi connectivity index (χ3n) is 6.37. The van der Waals surface area contributed by atoms with E-state index in [2.05, 4.69) is 16.7 Å². The van der Waals surface area contributed by atoms with Crippen molar-refractivity contribution >= 4 is 16.8 Å². The first kappa shape index (κ1) is 25.8. The van der Waals surface area contributed by atoms with Crippen LogP contribution in [0.5, 0.6) is 11.5 Å². The fraction of sp³-hybridized carbons (Fsp3) is 0.407. The number of ether oxygens (including phenoxy) is 2. The molecule has 36 heavy (non-hydrogen) atoms. The van der Waals surface area contributed by atoms with Gasteiger partial charge in [0.25, 0.3) is 0 Å². The van der Waals surface area contributed by atoms with Crippen LogP contribution in [-0.4, -0.2) is 43.3 Å². The summed E-state index contributed by atoms with van der Waals surface area (Å²) in [6, 6.07) is 10.7. The lowest BCUT2D eigenvalue weighted by Gasteiger charge is -2.29. The summed E-state index contributed by atoms with van der Waals surface area (Å²) in [7, 11) is 2.09. The number of ketones is 1. The lowest BCUT2D eigenvalue weighted by Crippen LogP contribution is -2.35. The molecule has 0 spiro atoms. The van der Waals surface area contributed by atoms with Gasteiger partial charge in [0.1, 0.15) is 29.0 Å². The number of rotatable bonds is 8. The fourth-order valence-corrected chi connectivity index (χ4v) is 4.32. The second kappa shape index (κ2) is 10.7. The number of halogens is 3. The summed E-state index contributed by atoms with van der Waals surface area (Å²) >= 11 is 0. The zero-order valence-electron chi connectivity index (χ0n) is 20.2. The number of aryl methyl sites for hydroxylation is 2. The highest BCUT2D eigenvalue weighted by Crippen LogP contribution is 2.29. The molecule has 9 heteroatoms. The summed E-state index contributed by atoms with van der Waals surface area (Å²) in [5, 5.41) is 0.714. The molecule has 0 N–H and O–H groups in total. The van der Waals surface area contributed by atoms with Gasteiger partial charge in [0, 0.05) is 42.4 Å². The van der Waals surface area contributed by atoms with Crippen molar-refractivity contribution in [2.75, 3.05) is 20.1 Å². The summed E-state index contributed by atoms with van der Waals surface area (Å²) in [4.78, 5) is 27.4. The summed E-state index contributed by atoms with van der Waals surface area (Å²) in [6.07, 6.45) is -2.37. The Morgan fingerprint density at radius 3 is 2.47 bits per heavy atom. The average molecular weight is 504 g/mol. The number of hydrogen-bond acceptors (Lipinski definition) is 6. The van der Waals surface area contributed by atoms with E-state index in [-0.39, 0.29) is 36.0 Å². The van der Waals surface area contributed by atoms with E-state index >= 15 is 0 Å². The highest BCUT2D eigenvalue weighted by molar-refractivity contribution is 5.85. The van der Waals surface area contributed by atoms with Crippen LogP contribution < -0.4 is 15.1 Å². The standard InChI is InChI=1S/C27H28F3NO5/c1-17-24(34-22-11-13-31(2)14-12-22)10-6-19-15-20(26(33)35-25(17)19)16-21(32)7-3-18-4-8-23(9-5-18)36-27(28,29)30/h4-6,8-10,15,22H,3,7,11-14,16H2,1-2H3. The quantitative estimate of drug-likeness (QED) is 0.393. The molecule has 0 amide bonds. The fourth-order valence-electron chi connectivity index (χ4n) is 4.32. The van der Waals surface area contributed by atoms with Crippen molar-refractivity contribution in [2.45, 2.75) is 51.5 Å². The Morgan fingerprint density at radius 1 is 1.11 bits per heavy atom. The summed E-state index contributed by atoms with van der Waals surface area (Å²) in [5.41, 5.74) is 1.59. The maximum Gasteiger partial charge on any atom is 0.573 e. The Bertz CT molecular complexity index is 1280. The SMILES string of the molecule is Cc1c(OC2CCN(C)CC2)ccc2cc(CC(=O)CCc3ccc(OC(F)(F)F)cc3)c(=O)oc12. The third-order valence-corrected chi connectivity index (χ3v) is 6.37. The van der Waals surface area contributed by atoms with Crippen LogP contribution in [0.1, 0.15) is 36.0 Å². The maximum absolute atomic E-state index is 12.6. The van der Waals surface area contributed by atoms with Crippen LogP contribution in [0.3, 0.4) is 0 Å². The molecule has 0 aliphatic carbocycles. The molecule has 192 valence electrons. The van der Waals surface area contributed by atoms with E-state index in [0.29, 0.717) is 28.7 Å². The molecular weight excluding hydrogens is 475 g/mol. The topological polar surface area (TPSA) is 69.0 Å². The molecule has 0 unspecified atom stereocenters. The van der Waals surface area contributed by atoms with Gasteiger partial charge in [0.05, 0.1) is 0 Å². The van der Waals surface area contributed by atoms with Crippen molar-refractivity contribution in [3.63, 3.8) is 0 Å². The molecule has 2 aromatic carbocycles. The van der Waals surface area contributed by atoms with Crippen LogP contribution in [0.25, 0.3) is 11.0 Å². The Kier molecular flexibility index (Phi) is 7.68. The van der Waals surface area contributed by atoms with Crippen LogP contribution in [0.15, 0.2) is 51.7 Å². The van der Waals surface area contributed by atoms with Gasteiger partial charge in [-0.3, -0.25) is 4.79 Å². The van der Waals surface area contributed by atoms with Crippen LogP contribution in [0, 0.1) is 6.92 Å². The Hall–Kier alpha value is -3.33. The molecule has 2 heterocycles. The molecule has 6 nitrogen and oxygen atoms in total. The number of alkyl halides is 3. The summed E-state index contributed by atoms with van der Waals surface area (Å²) in [5.74, 6) is 0.202. The van der Waals surface area contributed by atoms with E-state index in [0.717, 1.165) is 31.5 Å². The van der Waals surface area contributed by atoms with Gasteiger partial charge in [-0.2, -0.15) is 0 Å². The minimum atomic E-state index is -4.75. The second-order valence-electron chi connectivity index (χ2n) is 9.19. The zero-order valence-corrected chi connectivity index (χ0v) is 20.2. The smallest absolute Gasteiger partial charge is 0.490 e. The normalized spacial score (nSPS) is 15.2. The van der Waals surface area contributed by atoms with Gasteiger partial charge in [0.15, 0.2) is 0 Å². The molecule has 1 saturated heterocycles. The number of likely N-dealkylation sites (tertiary alicyclic amines) is 1. The number of nitrogens with zero attached hydrogens (tertiary/aromatic N) is 1.